The molecule has 1 aromatic heterocycles. The van der Waals surface area contributed by atoms with E-state index < -0.39 is 0 Å². The lowest BCUT2D eigenvalue weighted by molar-refractivity contribution is -0.0798. The minimum absolute atomic E-state index is 0.118. The number of aromatic hydroxyl groups is 1. The number of nitrogens with zero attached hydrogens (tertiary/aromatic N) is 1. The van der Waals surface area contributed by atoms with Gasteiger partial charge in [0, 0.05) is 24.0 Å². The van der Waals surface area contributed by atoms with Gasteiger partial charge in [0.25, 0.3) is 0 Å². The summed E-state index contributed by atoms with van der Waals surface area (Å²) in [5.74, 6) is 0.346. The summed E-state index contributed by atoms with van der Waals surface area (Å²) in [6.45, 7) is 2.89. The van der Waals surface area contributed by atoms with E-state index in [1.165, 1.54) is 16.0 Å². The SMILES string of the molecule is Oc1ccc2c(c1)[C@@H]1OCCN(CCc3cccs3)[C@H]1CC2. The van der Waals surface area contributed by atoms with E-state index in [0.717, 1.165) is 39.0 Å². The summed E-state index contributed by atoms with van der Waals surface area (Å²) in [6.07, 6.45) is 3.46. The van der Waals surface area contributed by atoms with Crippen LogP contribution in [0.4, 0.5) is 0 Å². The highest BCUT2D eigenvalue weighted by Crippen LogP contribution is 2.39. The van der Waals surface area contributed by atoms with Gasteiger partial charge in [-0.1, -0.05) is 12.1 Å². The minimum Gasteiger partial charge on any atom is -0.508 e. The summed E-state index contributed by atoms with van der Waals surface area (Å²) in [7, 11) is 0. The van der Waals surface area contributed by atoms with Crippen LogP contribution in [-0.2, 0) is 17.6 Å². The topological polar surface area (TPSA) is 32.7 Å². The number of fused-ring (bicyclic) bond motifs is 3. The fraction of sp³-hybridized carbons (Fsp3) is 0.444. The van der Waals surface area contributed by atoms with Gasteiger partial charge in [-0.3, -0.25) is 4.90 Å². The molecule has 0 radical (unpaired) electrons. The van der Waals surface area contributed by atoms with Crippen molar-refractivity contribution in [2.45, 2.75) is 31.4 Å². The molecular weight excluding hydrogens is 294 g/mol. The molecule has 1 aliphatic heterocycles. The van der Waals surface area contributed by atoms with Gasteiger partial charge in [-0.05, 0) is 54.0 Å². The van der Waals surface area contributed by atoms with Gasteiger partial charge in [0.15, 0.2) is 0 Å². The van der Waals surface area contributed by atoms with Crippen LogP contribution in [-0.4, -0.2) is 35.7 Å². The van der Waals surface area contributed by atoms with Crippen LogP contribution >= 0.6 is 11.3 Å². The number of phenols is 1. The number of aryl methyl sites for hydroxylation is 1. The summed E-state index contributed by atoms with van der Waals surface area (Å²) >= 11 is 1.84. The van der Waals surface area contributed by atoms with E-state index >= 15 is 0 Å². The first kappa shape index (κ1) is 14.2. The van der Waals surface area contributed by atoms with E-state index in [2.05, 4.69) is 28.5 Å². The molecule has 4 rings (SSSR count). The molecule has 4 heteroatoms. The minimum atomic E-state index is 0.118. The van der Waals surface area contributed by atoms with Crippen LogP contribution < -0.4 is 0 Å². The average Bonchev–Trinajstić information content (AvgIpc) is 3.06. The first-order valence-electron chi connectivity index (χ1n) is 8.01. The Morgan fingerprint density at radius 1 is 1.32 bits per heavy atom. The number of ether oxygens (including phenoxy) is 1. The molecule has 116 valence electrons. The number of hydrogen-bond donors (Lipinski definition) is 1. The van der Waals surface area contributed by atoms with Crippen molar-refractivity contribution in [2.75, 3.05) is 19.7 Å². The van der Waals surface area contributed by atoms with E-state index in [4.69, 9.17) is 4.74 Å². The van der Waals surface area contributed by atoms with Gasteiger partial charge < -0.3 is 9.84 Å². The lowest BCUT2D eigenvalue weighted by atomic mass is 9.84. The first-order chi connectivity index (χ1) is 10.8. The summed E-state index contributed by atoms with van der Waals surface area (Å²) in [5.41, 5.74) is 2.52. The molecule has 0 bridgehead atoms. The Morgan fingerprint density at radius 2 is 2.27 bits per heavy atom. The largest absolute Gasteiger partial charge is 0.508 e. The molecule has 1 saturated heterocycles. The standard InChI is InChI=1S/C18H21NO2S/c20-14-5-3-13-4-6-17-18(16(13)12-14)21-10-9-19(17)8-7-15-2-1-11-22-15/h1-3,5,11-12,17-18,20H,4,6-10H2/t17-,18-/m0/s1. The summed E-state index contributed by atoms with van der Waals surface area (Å²) in [6, 6.07) is 10.5. The predicted octanol–water partition coefficient (Wildman–Crippen LogP) is 3.38. The maximum absolute atomic E-state index is 9.80. The summed E-state index contributed by atoms with van der Waals surface area (Å²) in [4.78, 5) is 4.04. The molecule has 0 spiro atoms. The van der Waals surface area contributed by atoms with Crippen molar-refractivity contribution in [2.24, 2.45) is 0 Å². The van der Waals surface area contributed by atoms with E-state index in [0.29, 0.717) is 11.8 Å². The van der Waals surface area contributed by atoms with Crippen molar-refractivity contribution in [3.8, 4) is 5.75 Å². The maximum atomic E-state index is 9.80. The van der Waals surface area contributed by atoms with Crippen LogP contribution in [0.25, 0.3) is 0 Å². The predicted molar refractivity (Wildman–Crippen MR) is 88.5 cm³/mol. The van der Waals surface area contributed by atoms with Gasteiger partial charge in [-0.2, -0.15) is 0 Å². The lowest BCUT2D eigenvalue weighted by Crippen LogP contribution is -2.49. The second-order valence-electron chi connectivity index (χ2n) is 6.15. The Morgan fingerprint density at radius 3 is 3.14 bits per heavy atom. The molecule has 2 aliphatic rings. The Bertz CT molecular complexity index is 641. The van der Waals surface area contributed by atoms with E-state index in [1.807, 2.05) is 17.4 Å². The molecule has 1 aromatic carbocycles. The number of phenolic OH excluding ortho intramolecular Hbond substituents is 1. The monoisotopic (exact) mass is 315 g/mol. The second-order valence-corrected chi connectivity index (χ2v) is 7.18. The highest BCUT2D eigenvalue weighted by atomic mass is 32.1. The Balaban J connectivity index is 1.52. The van der Waals surface area contributed by atoms with Gasteiger partial charge in [0.1, 0.15) is 5.75 Å². The molecule has 0 saturated carbocycles. The number of rotatable bonds is 3. The zero-order valence-electron chi connectivity index (χ0n) is 12.6. The number of thiophene rings is 1. The van der Waals surface area contributed by atoms with Crippen LogP contribution in [0.1, 0.15) is 28.5 Å². The highest BCUT2D eigenvalue weighted by molar-refractivity contribution is 7.09. The number of morpholine rings is 1. The zero-order chi connectivity index (χ0) is 14.9. The van der Waals surface area contributed by atoms with Crippen molar-refractivity contribution >= 4 is 11.3 Å². The smallest absolute Gasteiger partial charge is 0.115 e. The zero-order valence-corrected chi connectivity index (χ0v) is 13.4. The normalized spacial score (nSPS) is 24.7. The van der Waals surface area contributed by atoms with Gasteiger partial charge in [0.05, 0.1) is 12.7 Å². The third-order valence-electron chi connectivity index (χ3n) is 4.87. The average molecular weight is 315 g/mol. The summed E-state index contributed by atoms with van der Waals surface area (Å²) in [5, 5.41) is 12.0. The summed E-state index contributed by atoms with van der Waals surface area (Å²) < 4.78 is 6.08. The molecule has 1 fully saturated rings. The first-order valence-corrected chi connectivity index (χ1v) is 8.89. The van der Waals surface area contributed by atoms with Crippen LogP contribution in [0.15, 0.2) is 35.7 Å². The fourth-order valence-corrected chi connectivity index (χ4v) is 4.46. The lowest BCUT2D eigenvalue weighted by Gasteiger charge is -2.44. The fourth-order valence-electron chi connectivity index (χ4n) is 3.76. The van der Waals surface area contributed by atoms with Gasteiger partial charge in [-0.15, -0.1) is 11.3 Å². The van der Waals surface area contributed by atoms with Gasteiger partial charge in [-0.25, -0.2) is 0 Å². The van der Waals surface area contributed by atoms with Crippen LogP contribution in [0.3, 0.4) is 0 Å². The highest BCUT2D eigenvalue weighted by Gasteiger charge is 2.37. The number of hydrogen-bond acceptors (Lipinski definition) is 4. The van der Waals surface area contributed by atoms with Crippen molar-refractivity contribution in [3.63, 3.8) is 0 Å². The molecule has 3 nitrogen and oxygen atoms in total. The van der Waals surface area contributed by atoms with Crippen molar-refractivity contribution in [1.29, 1.82) is 0 Å². The van der Waals surface area contributed by atoms with Gasteiger partial charge >= 0.3 is 0 Å². The maximum Gasteiger partial charge on any atom is 0.115 e. The molecule has 1 aliphatic carbocycles. The molecule has 0 amide bonds. The third-order valence-corrected chi connectivity index (χ3v) is 5.80. The molecule has 2 aromatic rings. The Hall–Kier alpha value is -1.36. The number of benzene rings is 1. The molecular formula is C18H21NO2S. The Kier molecular flexibility index (Phi) is 3.90. The van der Waals surface area contributed by atoms with Crippen molar-refractivity contribution < 1.29 is 9.84 Å². The van der Waals surface area contributed by atoms with E-state index in [-0.39, 0.29) is 6.10 Å². The van der Waals surface area contributed by atoms with Gasteiger partial charge in [0.2, 0.25) is 0 Å². The third kappa shape index (κ3) is 2.67. The molecule has 2 atom stereocenters. The second kappa shape index (κ2) is 6.03. The quantitative estimate of drug-likeness (QED) is 0.942. The molecule has 1 N–H and O–H groups in total. The van der Waals surface area contributed by atoms with Crippen LogP contribution in [0, 0.1) is 0 Å². The molecule has 0 unspecified atom stereocenters. The van der Waals surface area contributed by atoms with Crippen molar-refractivity contribution in [1.82, 2.24) is 4.90 Å². The van der Waals surface area contributed by atoms with E-state index in [9.17, 15) is 5.11 Å². The Labute approximate surface area is 135 Å². The molecule has 2 heterocycles. The van der Waals surface area contributed by atoms with Crippen molar-refractivity contribution in [3.05, 3.63) is 51.7 Å². The van der Waals surface area contributed by atoms with Crippen LogP contribution in [0.5, 0.6) is 5.75 Å². The van der Waals surface area contributed by atoms with E-state index in [1.54, 1.807) is 6.07 Å². The molecule has 22 heavy (non-hydrogen) atoms. The van der Waals surface area contributed by atoms with Crippen LogP contribution in [0.2, 0.25) is 0 Å².